The number of ether oxygens (including phenoxy) is 1. The molecule has 1 aromatic carbocycles. The predicted molar refractivity (Wildman–Crippen MR) is 97.4 cm³/mol. The summed E-state index contributed by atoms with van der Waals surface area (Å²) >= 11 is 3.30. The van der Waals surface area contributed by atoms with Crippen LogP contribution in [0, 0.1) is 0 Å². The molecule has 3 rings (SSSR count). The minimum absolute atomic E-state index is 0.0200. The van der Waals surface area contributed by atoms with Crippen molar-refractivity contribution >= 4 is 27.5 Å². The van der Waals surface area contributed by atoms with E-state index in [4.69, 9.17) is 4.74 Å². The molecule has 7 nitrogen and oxygen atoms in total. The zero-order valence-electron chi connectivity index (χ0n) is 13.7. The molecule has 2 heterocycles. The van der Waals surface area contributed by atoms with Crippen molar-refractivity contribution in [3.05, 3.63) is 68.5 Å². The van der Waals surface area contributed by atoms with E-state index in [1.165, 1.54) is 29.8 Å². The molecule has 2 aromatic heterocycles. The van der Waals surface area contributed by atoms with Crippen LogP contribution in [0.15, 0.2) is 51.9 Å². The highest BCUT2D eigenvalue weighted by Crippen LogP contribution is 2.32. The fourth-order valence-corrected chi connectivity index (χ4v) is 3.13. The highest BCUT2D eigenvalue weighted by atomic mass is 79.9. The molecule has 0 aliphatic rings. The number of phenolic OH excluding ortho intramolecular Hbond substituents is 1. The molecule has 0 saturated heterocycles. The quantitative estimate of drug-likeness (QED) is 0.631. The maximum absolute atomic E-state index is 13.0. The van der Waals surface area contributed by atoms with Crippen molar-refractivity contribution in [3.8, 4) is 11.6 Å². The smallest absolute Gasteiger partial charge is 0.306 e. The SMILES string of the molecule is COC(=O)C[C@H](c1cccc(O)c1)c1c(O)nc2ccc(Br)cn2c1=O. The second-order valence-corrected chi connectivity index (χ2v) is 6.57. The first-order valence-corrected chi connectivity index (χ1v) is 8.46. The number of benzene rings is 1. The van der Waals surface area contributed by atoms with Crippen LogP contribution < -0.4 is 5.56 Å². The van der Waals surface area contributed by atoms with Crippen LogP contribution in [0.25, 0.3) is 5.65 Å². The lowest BCUT2D eigenvalue weighted by molar-refractivity contribution is -0.140. The number of nitrogens with zero attached hydrogens (tertiary/aromatic N) is 2. The zero-order valence-corrected chi connectivity index (χ0v) is 15.3. The number of carbonyl (C=O) groups excluding carboxylic acids is 1. The normalized spacial score (nSPS) is 12.1. The summed E-state index contributed by atoms with van der Waals surface area (Å²) in [5.41, 5.74) is 0.203. The van der Waals surface area contributed by atoms with Crippen molar-refractivity contribution in [1.29, 1.82) is 0 Å². The lowest BCUT2D eigenvalue weighted by Gasteiger charge is -2.18. The van der Waals surface area contributed by atoms with Gasteiger partial charge in [0.15, 0.2) is 0 Å². The summed E-state index contributed by atoms with van der Waals surface area (Å²) in [6.07, 6.45) is 1.34. The van der Waals surface area contributed by atoms with Gasteiger partial charge in [0.1, 0.15) is 11.4 Å². The topological polar surface area (TPSA) is 101 Å². The van der Waals surface area contributed by atoms with Crippen LogP contribution in [-0.4, -0.2) is 32.7 Å². The lowest BCUT2D eigenvalue weighted by atomic mass is 9.89. The zero-order chi connectivity index (χ0) is 18.8. The molecule has 1 atom stereocenters. The Kier molecular flexibility index (Phi) is 4.94. The number of esters is 1. The van der Waals surface area contributed by atoms with Gasteiger partial charge in [-0.2, -0.15) is 4.98 Å². The number of fused-ring (bicyclic) bond motifs is 1. The number of hydrogen-bond acceptors (Lipinski definition) is 6. The van der Waals surface area contributed by atoms with E-state index >= 15 is 0 Å². The molecule has 26 heavy (non-hydrogen) atoms. The Bertz CT molecular complexity index is 1050. The minimum atomic E-state index is -0.828. The number of aromatic hydroxyl groups is 2. The van der Waals surface area contributed by atoms with Gasteiger partial charge in [-0.15, -0.1) is 0 Å². The van der Waals surface area contributed by atoms with E-state index < -0.39 is 23.3 Å². The summed E-state index contributed by atoms with van der Waals surface area (Å²) in [4.78, 5) is 29.0. The second-order valence-electron chi connectivity index (χ2n) is 5.66. The molecule has 0 aliphatic carbocycles. The van der Waals surface area contributed by atoms with E-state index in [1.54, 1.807) is 24.3 Å². The molecule has 0 aliphatic heterocycles. The Morgan fingerprint density at radius 1 is 1.31 bits per heavy atom. The van der Waals surface area contributed by atoms with Gasteiger partial charge in [-0.3, -0.25) is 14.0 Å². The first-order chi connectivity index (χ1) is 12.4. The molecule has 0 spiro atoms. The largest absolute Gasteiger partial charge is 0.508 e. The number of methoxy groups -OCH3 is 1. The van der Waals surface area contributed by atoms with Crippen LogP contribution in [0.2, 0.25) is 0 Å². The van der Waals surface area contributed by atoms with Crippen LogP contribution in [-0.2, 0) is 9.53 Å². The highest BCUT2D eigenvalue weighted by molar-refractivity contribution is 9.10. The van der Waals surface area contributed by atoms with Gasteiger partial charge < -0.3 is 14.9 Å². The van der Waals surface area contributed by atoms with Crippen LogP contribution in [0.1, 0.15) is 23.5 Å². The third-order valence-electron chi connectivity index (χ3n) is 4.02. The molecule has 0 amide bonds. The molecule has 8 heteroatoms. The van der Waals surface area contributed by atoms with Gasteiger partial charge in [0.2, 0.25) is 5.88 Å². The van der Waals surface area contributed by atoms with Crippen LogP contribution in [0.3, 0.4) is 0 Å². The highest BCUT2D eigenvalue weighted by Gasteiger charge is 2.27. The molecular formula is C18H15BrN2O5. The number of carbonyl (C=O) groups is 1. The second kappa shape index (κ2) is 7.17. The summed E-state index contributed by atoms with van der Waals surface area (Å²) in [6.45, 7) is 0. The average Bonchev–Trinajstić information content (AvgIpc) is 2.61. The van der Waals surface area contributed by atoms with Crippen molar-refractivity contribution in [2.45, 2.75) is 12.3 Å². The van der Waals surface area contributed by atoms with E-state index in [9.17, 15) is 19.8 Å². The summed E-state index contributed by atoms with van der Waals surface area (Å²) < 4.78 is 6.66. The van der Waals surface area contributed by atoms with Crippen molar-refractivity contribution in [1.82, 2.24) is 9.38 Å². The number of pyridine rings is 1. The Morgan fingerprint density at radius 3 is 2.77 bits per heavy atom. The van der Waals surface area contributed by atoms with E-state index in [1.807, 2.05) is 0 Å². The molecule has 0 fully saturated rings. The van der Waals surface area contributed by atoms with E-state index in [2.05, 4.69) is 20.9 Å². The maximum atomic E-state index is 13.0. The molecule has 3 aromatic rings. The number of hydrogen-bond donors (Lipinski definition) is 2. The van der Waals surface area contributed by atoms with E-state index in [-0.39, 0.29) is 23.4 Å². The number of halogens is 1. The fourth-order valence-electron chi connectivity index (χ4n) is 2.80. The molecule has 0 saturated carbocycles. The summed E-state index contributed by atoms with van der Waals surface area (Å²) in [6, 6.07) is 9.43. The van der Waals surface area contributed by atoms with Gasteiger partial charge in [-0.1, -0.05) is 12.1 Å². The Labute approximate surface area is 156 Å². The van der Waals surface area contributed by atoms with E-state index in [0.717, 1.165) is 0 Å². The van der Waals surface area contributed by atoms with Crippen LogP contribution >= 0.6 is 15.9 Å². The summed E-state index contributed by atoms with van der Waals surface area (Å²) in [7, 11) is 1.24. The van der Waals surface area contributed by atoms with Gasteiger partial charge in [-0.05, 0) is 45.8 Å². The monoisotopic (exact) mass is 418 g/mol. The third kappa shape index (κ3) is 3.41. The van der Waals surface area contributed by atoms with Gasteiger partial charge in [-0.25, -0.2) is 0 Å². The van der Waals surface area contributed by atoms with Crippen LogP contribution in [0.4, 0.5) is 0 Å². The van der Waals surface area contributed by atoms with Crippen molar-refractivity contribution in [2.24, 2.45) is 0 Å². The standard InChI is InChI=1S/C18H15BrN2O5/c1-26-15(23)8-13(10-3-2-4-12(22)7-10)16-17(24)20-14-6-5-11(19)9-21(14)18(16)25/h2-7,9,13,22,24H,8H2,1H3/t13-/m1/s1. The molecule has 0 bridgehead atoms. The van der Waals surface area contributed by atoms with Crippen molar-refractivity contribution in [2.75, 3.05) is 7.11 Å². The van der Waals surface area contributed by atoms with Gasteiger partial charge in [0, 0.05) is 16.6 Å². The van der Waals surface area contributed by atoms with Crippen molar-refractivity contribution < 1.29 is 19.7 Å². The predicted octanol–water partition coefficient (Wildman–Crippen LogP) is 2.56. The fraction of sp³-hybridized carbons (Fsp3) is 0.167. The first-order valence-electron chi connectivity index (χ1n) is 7.67. The summed E-state index contributed by atoms with van der Waals surface area (Å²) in [5, 5.41) is 20.2. The molecule has 0 radical (unpaired) electrons. The molecular weight excluding hydrogens is 404 g/mol. The van der Waals surface area contributed by atoms with Crippen LogP contribution in [0.5, 0.6) is 11.6 Å². The Morgan fingerprint density at radius 2 is 2.08 bits per heavy atom. The Hall–Kier alpha value is -2.87. The molecule has 0 unspecified atom stereocenters. The lowest BCUT2D eigenvalue weighted by Crippen LogP contribution is -2.24. The minimum Gasteiger partial charge on any atom is -0.508 e. The average molecular weight is 419 g/mol. The number of phenols is 1. The Balaban J connectivity index is 2.26. The molecule has 2 N–H and O–H groups in total. The van der Waals surface area contributed by atoms with Gasteiger partial charge >= 0.3 is 5.97 Å². The van der Waals surface area contributed by atoms with Crippen molar-refractivity contribution in [3.63, 3.8) is 0 Å². The van der Waals surface area contributed by atoms with Gasteiger partial charge in [0.05, 0.1) is 19.1 Å². The maximum Gasteiger partial charge on any atom is 0.306 e. The van der Waals surface area contributed by atoms with E-state index in [0.29, 0.717) is 10.0 Å². The third-order valence-corrected chi connectivity index (χ3v) is 4.49. The number of aromatic nitrogens is 2. The summed E-state index contributed by atoms with van der Waals surface area (Å²) in [5.74, 6) is -1.87. The first kappa shape index (κ1) is 17.9. The number of rotatable bonds is 4. The molecule has 134 valence electrons. The van der Waals surface area contributed by atoms with Gasteiger partial charge in [0.25, 0.3) is 5.56 Å².